The van der Waals surface area contributed by atoms with Crippen molar-refractivity contribution < 1.29 is 83.0 Å². The number of allylic oxidation sites excluding steroid dienone is 2. The Morgan fingerprint density at radius 1 is 0.970 bits per heavy atom. The number of aromatic hydroxyl groups is 3. The number of amides is 1. The van der Waals surface area contributed by atoms with Gasteiger partial charge in [0.2, 0.25) is 0 Å². The van der Waals surface area contributed by atoms with E-state index in [1.54, 1.807) is 39.8 Å². The van der Waals surface area contributed by atoms with Crippen molar-refractivity contribution in [3.05, 3.63) is 53.3 Å². The van der Waals surface area contributed by atoms with Crippen LogP contribution in [0.3, 0.4) is 0 Å². The number of aliphatic carboxylic acids is 1. The summed E-state index contributed by atoms with van der Waals surface area (Å²) in [4.78, 5) is 52.6. The van der Waals surface area contributed by atoms with E-state index in [-0.39, 0.29) is 64.3 Å². The van der Waals surface area contributed by atoms with E-state index in [0.717, 1.165) is 6.07 Å². The van der Waals surface area contributed by atoms with Gasteiger partial charge in [0, 0.05) is 53.7 Å². The molecular formula is C48H63NO17. The van der Waals surface area contributed by atoms with E-state index < -0.39 is 119 Å². The van der Waals surface area contributed by atoms with Crippen LogP contribution in [0.25, 0.3) is 10.8 Å². The number of rotatable bonds is 7. The number of esters is 1. The number of hydrogen-bond acceptors (Lipinski definition) is 16. The van der Waals surface area contributed by atoms with Crippen molar-refractivity contribution in [1.82, 2.24) is 0 Å². The molecule has 0 radical (unpaired) electrons. The van der Waals surface area contributed by atoms with Gasteiger partial charge in [-0.1, -0.05) is 39.0 Å². The zero-order valence-corrected chi connectivity index (χ0v) is 38.9. The third kappa shape index (κ3) is 10.0. The fraction of sp³-hybridized carbons (Fsp3) is 0.583. The predicted molar refractivity (Wildman–Crippen MR) is 236 cm³/mol. The number of carbonyl (C=O) groups is 4. The summed E-state index contributed by atoms with van der Waals surface area (Å²) in [7, 11) is 0. The van der Waals surface area contributed by atoms with Gasteiger partial charge in [0.15, 0.2) is 12.0 Å². The summed E-state index contributed by atoms with van der Waals surface area (Å²) < 4.78 is 42.1. The zero-order chi connectivity index (χ0) is 48.7. The number of carboxylic acid groups (broad SMARTS) is 1. The number of benzene rings is 2. The summed E-state index contributed by atoms with van der Waals surface area (Å²) in [5.41, 5.74) is -1.67. The van der Waals surface area contributed by atoms with Crippen molar-refractivity contribution in [1.29, 1.82) is 0 Å². The lowest BCUT2D eigenvalue weighted by Gasteiger charge is -2.39. The molecule has 66 heavy (non-hydrogen) atoms. The lowest BCUT2D eigenvalue weighted by molar-refractivity contribution is -0.245. The number of anilines is 1. The molecule has 5 heterocycles. The van der Waals surface area contributed by atoms with Crippen LogP contribution in [0.15, 0.2) is 42.2 Å². The quantitative estimate of drug-likeness (QED) is 0.0972. The van der Waals surface area contributed by atoms with Crippen LogP contribution in [0.2, 0.25) is 0 Å². The van der Waals surface area contributed by atoms with Crippen LogP contribution in [0, 0.1) is 36.0 Å². The van der Waals surface area contributed by atoms with Crippen molar-refractivity contribution in [3.8, 4) is 23.0 Å². The van der Waals surface area contributed by atoms with Crippen LogP contribution in [0.5, 0.6) is 23.0 Å². The van der Waals surface area contributed by atoms with Gasteiger partial charge in [0.1, 0.15) is 36.2 Å². The van der Waals surface area contributed by atoms with E-state index in [1.165, 1.54) is 53.0 Å². The Morgan fingerprint density at radius 3 is 2.35 bits per heavy atom. The molecule has 362 valence electrons. The highest BCUT2D eigenvalue weighted by atomic mass is 16.7. The van der Waals surface area contributed by atoms with Gasteiger partial charge in [-0.15, -0.1) is 0 Å². The highest BCUT2D eigenvalue weighted by Crippen LogP contribution is 2.53. The summed E-state index contributed by atoms with van der Waals surface area (Å²) in [5, 5.41) is 69.6. The monoisotopic (exact) mass is 925 g/mol. The Balaban J connectivity index is 1.41. The molecular weight excluding hydrogens is 863 g/mol. The molecule has 0 aromatic heterocycles. The van der Waals surface area contributed by atoms with Crippen LogP contribution in [0.4, 0.5) is 5.69 Å². The largest absolute Gasteiger partial charge is 0.507 e. The number of aliphatic hydroxyl groups is 2. The van der Waals surface area contributed by atoms with Crippen molar-refractivity contribution in [2.45, 2.75) is 143 Å². The molecule has 2 saturated heterocycles. The number of ketones is 1. The van der Waals surface area contributed by atoms with Gasteiger partial charge in [-0.05, 0) is 60.0 Å². The topological polar surface area (TPSA) is 266 Å². The molecule has 0 aliphatic carbocycles. The second-order valence-electron chi connectivity index (χ2n) is 18.9. The van der Waals surface area contributed by atoms with Crippen LogP contribution >= 0.6 is 0 Å². The minimum absolute atomic E-state index is 0.0340. The van der Waals surface area contributed by atoms with Crippen molar-refractivity contribution in [3.63, 3.8) is 0 Å². The number of phenols is 3. The molecule has 7 rings (SSSR count). The highest BCUT2D eigenvalue weighted by molar-refractivity contribution is 6.21. The van der Waals surface area contributed by atoms with Crippen LogP contribution in [-0.2, 0) is 42.8 Å². The SMILES string of the molecule is C/C1=C/C=C/[C@H](C(C)OC(=O)C(C)(C)CC(=O)O)C[C@@H](C)[C@@H](O)[C@@H](C)[C@H](O)[C@H](C)[C@@H](O[C@H]2C[C@@H]3OCO[C@@H]3[C@@H](C)O2)/C=C/O[C@@]2(C)Oc3c(C)c(O)c4c(O)c(cc(O)c4c3C2=O)NC1=O. The smallest absolute Gasteiger partial charge is 0.312 e. The first-order valence-corrected chi connectivity index (χ1v) is 22.2. The van der Waals surface area contributed by atoms with Gasteiger partial charge in [-0.3, -0.25) is 19.2 Å². The maximum Gasteiger partial charge on any atom is 0.312 e. The third-order valence-corrected chi connectivity index (χ3v) is 13.4. The number of phenolic OH excluding ortho intramolecular Hbond substituents is 3. The summed E-state index contributed by atoms with van der Waals surface area (Å²) >= 11 is 0. The molecule has 0 spiro atoms. The molecule has 5 aliphatic heterocycles. The number of carboxylic acids is 1. The number of hydrogen-bond donors (Lipinski definition) is 7. The number of nitrogens with one attached hydrogen (secondary N) is 1. The Hall–Kier alpha value is -5.24. The van der Waals surface area contributed by atoms with E-state index in [4.69, 9.17) is 33.2 Å². The fourth-order valence-corrected chi connectivity index (χ4v) is 9.08. The van der Waals surface area contributed by atoms with E-state index in [1.807, 2.05) is 6.92 Å². The summed E-state index contributed by atoms with van der Waals surface area (Å²) in [6.45, 7) is 15.9. The number of Topliss-reactive ketones (excluding diaryl/α,β-unsaturated/α-hetero) is 1. The maximum atomic E-state index is 14.3. The van der Waals surface area contributed by atoms with E-state index in [2.05, 4.69) is 5.32 Å². The number of aliphatic hydroxyl groups excluding tert-OH is 2. The maximum absolute atomic E-state index is 14.3. The van der Waals surface area contributed by atoms with E-state index in [0.29, 0.717) is 6.42 Å². The summed E-state index contributed by atoms with van der Waals surface area (Å²) in [6, 6.07) is 1.04. The van der Waals surface area contributed by atoms with Gasteiger partial charge in [0.25, 0.3) is 11.7 Å². The molecule has 5 aliphatic rings. The molecule has 1 unspecified atom stereocenters. The molecule has 18 heteroatoms. The average Bonchev–Trinajstić information content (AvgIpc) is 3.83. The molecule has 2 fully saturated rings. The van der Waals surface area contributed by atoms with Gasteiger partial charge < -0.3 is 69.1 Å². The third-order valence-electron chi connectivity index (χ3n) is 13.4. The van der Waals surface area contributed by atoms with Crippen LogP contribution in [-0.4, -0.2) is 116 Å². The molecule has 1 amide bonds. The molecule has 2 aromatic rings. The standard InChI is InChI=1S/C48H63NO17/c1-21-12-11-13-28(26(6)64-46(59)47(8,9)19-33(51)52)16-22(2)38(53)24(4)39(54)23(3)31(65-34-18-32-43(27(7)63-34)61-20-60-32)14-15-62-48(10)44(57)37-35-30(50)17-29(49-45(21)58)41(56)36(35)40(55)25(5)42(37)66-48/h11-15,17,22-24,26-28,31-32,34,38-39,43,50,53-56H,16,18-20H2,1-10H3,(H,49,58)(H,51,52)/b13-11+,15-14+,21-12-/t22-,23-,24-,26?,27-,28+,31+,32+,34+,38-,39-,43-,48+/m1/s1. The average molecular weight is 926 g/mol. The lowest BCUT2D eigenvalue weighted by Crippen LogP contribution is -2.48. The number of ether oxygens (including phenoxy) is 7. The predicted octanol–water partition coefficient (Wildman–Crippen LogP) is 5.87. The van der Waals surface area contributed by atoms with Gasteiger partial charge >= 0.3 is 17.7 Å². The Bertz CT molecular complexity index is 2300. The Kier molecular flexibility index (Phi) is 14.9. The van der Waals surface area contributed by atoms with Crippen LogP contribution < -0.4 is 10.1 Å². The Morgan fingerprint density at radius 2 is 1.67 bits per heavy atom. The normalized spacial score (nSPS) is 34.4. The first-order chi connectivity index (χ1) is 30.9. The second kappa shape index (κ2) is 19.5. The van der Waals surface area contributed by atoms with Gasteiger partial charge in [-0.2, -0.15) is 0 Å². The van der Waals surface area contributed by atoms with Gasteiger partial charge in [0.05, 0.1) is 65.3 Å². The molecule has 13 atom stereocenters. The number of carbonyl (C=O) groups excluding carboxylic acids is 3. The van der Waals surface area contributed by atoms with E-state index >= 15 is 0 Å². The summed E-state index contributed by atoms with van der Waals surface area (Å²) in [6.07, 6.45) is 1.32. The molecule has 18 nitrogen and oxygen atoms in total. The molecule has 2 aromatic carbocycles. The van der Waals surface area contributed by atoms with Crippen molar-refractivity contribution >= 4 is 40.1 Å². The highest BCUT2D eigenvalue weighted by Gasteiger charge is 2.50. The van der Waals surface area contributed by atoms with Gasteiger partial charge in [-0.25, -0.2) is 0 Å². The number of fused-ring (bicyclic) bond motifs is 15. The molecule has 5 bridgehead atoms. The minimum Gasteiger partial charge on any atom is -0.507 e. The van der Waals surface area contributed by atoms with Crippen molar-refractivity contribution in [2.24, 2.45) is 29.1 Å². The lowest BCUT2D eigenvalue weighted by atomic mass is 9.79. The summed E-state index contributed by atoms with van der Waals surface area (Å²) in [5.74, 6) is -10.0. The zero-order valence-electron chi connectivity index (χ0n) is 38.9. The minimum atomic E-state index is -2.07. The molecule has 7 N–H and O–H groups in total. The van der Waals surface area contributed by atoms with Crippen LogP contribution in [0.1, 0.15) is 97.5 Å². The Labute approximate surface area is 383 Å². The second-order valence-corrected chi connectivity index (χ2v) is 18.9. The van der Waals surface area contributed by atoms with Crippen molar-refractivity contribution in [2.75, 3.05) is 12.1 Å². The molecule has 0 saturated carbocycles. The fourth-order valence-electron chi connectivity index (χ4n) is 9.08. The first-order valence-electron chi connectivity index (χ1n) is 22.2. The first kappa shape index (κ1) is 50.2. The van der Waals surface area contributed by atoms with E-state index in [9.17, 15) is 49.8 Å².